The molecule has 1 atom stereocenters. The standard InChI is InChI=1S/C19H28BNO5/c1-17(2)18(3,4)26-20(25-17)13-7-8-15(24-6)14(11-13)16(22)21-10-9-19(5,23)12-21/h7-8,11,23H,9-10,12H2,1-6H3. The highest BCUT2D eigenvalue weighted by molar-refractivity contribution is 6.62. The van der Waals surface area contributed by atoms with Gasteiger partial charge in [-0.3, -0.25) is 4.79 Å². The Kier molecular flexibility index (Phi) is 4.62. The molecule has 1 aromatic carbocycles. The van der Waals surface area contributed by atoms with E-state index in [-0.39, 0.29) is 5.91 Å². The zero-order valence-corrected chi connectivity index (χ0v) is 16.5. The zero-order chi connectivity index (χ0) is 19.3. The first-order valence-electron chi connectivity index (χ1n) is 9.01. The van der Waals surface area contributed by atoms with Crippen molar-refractivity contribution in [2.24, 2.45) is 0 Å². The van der Waals surface area contributed by atoms with E-state index in [4.69, 9.17) is 14.0 Å². The van der Waals surface area contributed by atoms with E-state index in [1.807, 2.05) is 33.8 Å². The molecule has 0 spiro atoms. The average Bonchev–Trinajstić information content (AvgIpc) is 3.02. The first-order valence-corrected chi connectivity index (χ1v) is 9.01. The van der Waals surface area contributed by atoms with Crippen molar-refractivity contribution < 1.29 is 23.9 Å². The van der Waals surface area contributed by atoms with E-state index < -0.39 is 23.9 Å². The molecule has 2 saturated heterocycles. The van der Waals surface area contributed by atoms with Crippen molar-refractivity contribution in [2.75, 3.05) is 20.2 Å². The van der Waals surface area contributed by atoms with E-state index >= 15 is 0 Å². The van der Waals surface area contributed by atoms with Gasteiger partial charge in [-0.25, -0.2) is 0 Å². The van der Waals surface area contributed by atoms with Crippen LogP contribution in [0, 0.1) is 0 Å². The summed E-state index contributed by atoms with van der Waals surface area (Å²) >= 11 is 0. The number of rotatable bonds is 3. The summed E-state index contributed by atoms with van der Waals surface area (Å²) in [7, 11) is 1.000. The first-order chi connectivity index (χ1) is 12.0. The van der Waals surface area contributed by atoms with Crippen LogP contribution in [0.2, 0.25) is 0 Å². The Morgan fingerprint density at radius 2 is 1.81 bits per heavy atom. The predicted octanol–water partition coefficient (Wildman–Crippen LogP) is 1.59. The van der Waals surface area contributed by atoms with Gasteiger partial charge in [-0.05, 0) is 58.6 Å². The van der Waals surface area contributed by atoms with Crippen LogP contribution in [0.3, 0.4) is 0 Å². The lowest BCUT2D eigenvalue weighted by molar-refractivity contribution is 0.00578. The number of amides is 1. The molecule has 6 nitrogen and oxygen atoms in total. The highest BCUT2D eigenvalue weighted by Gasteiger charge is 2.52. The molecule has 2 aliphatic heterocycles. The van der Waals surface area contributed by atoms with Crippen molar-refractivity contribution in [2.45, 2.75) is 57.8 Å². The number of benzene rings is 1. The van der Waals surface area contributed by atoms with Gasteiger partial charge in [0.25, 0.3) is 5.91 Å². The lowest BCUT2D eigenvalue weighted by Crippen LogP contribution is -2.41. The normalized spacial score (nSPS) is 27.0. The maximum absolute atomic E-state index is 13.0. The lowest BCUT2D eigenvalue weighted by atomic mass is 9.78. The Morgan fingerprint density at radius 3 is 2.31 bits per heavy atom. The summed E-state index contributed by atoms with van der Waals surface area (Å²) in [6, 6.07) is 5.40. The Labute approximate surface area is 155 Å². The van der Waals surface area contributed by atoms with E-state index in [9.17, 15) is 9.90 Å². The van der Waals surface area contributed by atoms with Crippen molar-refractivity contribution in [1.82, 2.24) is 4.90 Å². The molecule has 142 valence electrons. The summed E-state index contributed by atoms with van der Waals surface area (Å²) < 4.78 is 17.6. The van der Waals surface area contributed by atoms with Crippen LogP contribution in [0.1, 0.15) is 51.4 Å². The van der Waals surface area contributed by atoms with E-state index in [0.717, 1.165) is 5.46 Å². The van der Waals surface area contributed by atoms with Gasteiger partial charge < -0.3 is 24.1 Å². The molecule has 1 N–H and O–H groups in total. The maximum atomic E-state index is 13.0. The van der Waals surface area contributed by atoms with Gasteiger partial charge in [0.1, 0.15) is 5.75 Å². The third-order valence-corrected chi connectivity index (χ3v) is 5.72. The van der Waals surface area contributed by atoms with Crippen LogP contribution in [0.15, 0.2) is 18.2 Å². The van der Waals surface area contributed by atoms with Crippen molar-refractivity contribution in [3.05, 3.63) is 23.8 Å². The minimum absolute atomic E-state index is 0.155. The number of ether oxygens (including phenoxy) is 1. The maximum Gasteiger partial charge on any atom is 0.494 e. The summed E-state index contributed by atoms with van der Waals surface area (Å²) in [6.45, 7) is 10.6. The van der Waals surface area contributed by atoms with Gasteiger partial charge in [0.2, 0.25) is 0 Å². The van der Waals surface area contributed by atoms with Crippen molar-refractivity contribution in [1.29, 1.82) is 0 Å². The highest BCUT2D eigenvalue weighted by atomic mass is 16.7. The van der Waals surface area contributed by atoms with Crippen LogP contribution in [0.4, 0.5) is 0 Å². The third kappa shape index (κ3) is 3.35. The monoisotopic (exact) mass is 361 g/mol. The third-order valence-electron chi connectivity index (χ3n) is 5.72. The fraction of sp³-hybridized carbons (Fsp3) is 0.632. The predicted molar refractivity (Wildman–Crippen MR) is 99.9 cm³/mol. The van der Waals surface area contributed by atoms with Gasteiger partial charge in [0, 0.05) is 13.1 Å². The van der Waals surface area contributed by atoms with E-state index in [0.29, 0.717) is 30.8 Å². The molecule has 0 aliphatic carbocycles. The number of nitrogens with zero attached hydrogens (tertiary/aromatic N) is 1. The summed E-state index contributed by atoms with van der Waals surface area (Å²) in [5, 5.41) is 10.2. The number of aliphatic hydroxyl groups is 1. The fourth-order valence-electron chi connectivity index (χ4n) is 3.31. The van der Waals surface area contributed by atoms with Gasteiger partial charge >= 0.3 is 7.12 Å². The number of likely N-dealkylation sites (tertiary alicyclic amines) is 1. The van der Waals surface area contributed by atoms with Crippen LogP contribution in [-0.4, -0.2) is 60.0 Å². The molecule has 2 heterocycles. The number of β-amino-alcohol motifs (C(OH)–C–C–N with tert-alkyl or cyclic N) is 1. The SMILES string of the molecule is COc1ccc(B2OC(C)(C)C(C)(C)O2)cc1C(=O)N1CCC(C)(O)C1. The number of carbonyl (C=O) groups is 1. The lowest BCUT2D eigenvalue weighted by Gasteiger charge is -2.32. The molecule has 0 radical (unpaired) electrons. The van der Waals surface area contributed by atoms with Crippen LogP contribution < -0.4 is 10.2 Å². The van der Waals surface area contributed by atoms with Crippen LogP contribution >= 0.6 is 0 Å². The summed E-state index contributed by atoms with van der Waals surface area (Å²) in [4.78, 5) is 14.6. The number of hydrogen-bond acceptors (Lipinski definition) is 5. The van der Waals surface area contributed by atoms with Crippen molar-refractivity contribution >= 4 is 18.5 Å². The smallest absolute Gasteiger partial charge is 0.494 e. The van der Waals surface area contributed by atoms with Crippen LogP contribution in [0.5, 0.6) is 5.75 Å². The first kappa shape index (κ1) is 19.2. The second-order valence-electron chi connectivity index (χ2n) is 8.52. The number of methoxy groups -OCH3 is 1. The quantitative estimate of drug-likeness (QED) is 0.829. The van der Waals surface area contributed by atoms with Gasteiger partial charge in [-0.15, -0.1) is 0 Å². The molecular weight excluding hydrogens is 333 g/mol. The molecule has 3 rings (SSSR count). The topological polar surface area (TPSA) is 68.2 Å². The molecule has 0 saturated carbocycles. The second-order valence-corrected chi connectivity index (χ2v) is 8.52. The molecule has 0 bridgehead atoms. The largest absolute Gasteiger partial charge is 0.496 e. The number of hydrogen-bond donors (Lipinski definition) is 1. The fourth-order valence-corrected chi connectivity index (χ4v) is 3.31. The van der Waals surface area contributed by atoms with Gasteiger partial charge in [0.15, 0.2) is 0 Å². The Hall–Kier alpha value is -1.57. The molecule has 2 aliphatic rings. The Bertz CT molecular complexity index is 700. The van der Waals surface area contributed by atoms with Gasteiger partial charge in [-0.1, -0.05) is 6.07 Å². The van der Waals surface area contributed by atoms with Crippen LogP contribution in [0.25, 0.3) is 0 Å². The van der Waals surface area contributed by atoms with E-state index in [1.165, 1.54) is 0 Å². The summed E-state index contributed by atoms with van der Waals surface area (Å²) in [6.07, 6.45) is 0.567. The Balaban J connectivity index is 1.90. The van der Waals surface area contributed by atoms with Crippen LogP contribution in [-0.2, 0) is 9.31 Å². The molecule has 0 aromatic heterocycles. The zero-order valence-electron chi connectivity index (χ0n) is 16.5. The van der Waals surface area contributed by atoms with Gasteiger partial charge in [0.05, 0.1) is 29.5 Å². The molecule has 1 aromatic rings. The minimum Gasteiger partial charge on any atom is -0.496 e. The number of carbonyl (C=O) groups excluding carboxylic acids is 1. The molecule has 1 amide bonds. The Morgan fingerprint density at radius 1 is 1.19 bits per heavy atom. The van der Waals surface area contributed by atoms with Crippen molar-refractivity contribution in [3.63, 3.8) is 0 Å². The van der Waals surface area contributed by atoms with E-state index in [2.05, 4.69) is 0 Å². The summed E-state index contributed by atoms with van der Waals surface area (Å²) in [5.74, 6) is 0.347. The highest BCUT2D eigenvalue weighted by Crippen LogP contribution is 2.37. The molecule has 1 unspecified atom stereocenters. The minimum atomic E-state index is -0.841. The molecule has 2 fully saturated rings. The van der Waals surface area contributed by atoms with Crippen molar-refractivity contribution in [3.8, 4) is 5.75 Å². The molecule has 7 heteroatoms. The molecular formula is C19H28BNO5. The average molecular weight is 361 g/mol. The van der Waals surface area contributed by atoms with Gasteiger partial charge in [-0.2, -0.15) is 0 Å². The molecule has 26 heavy (non-hydrogen) atoms. The summed E-state index contributed by atoms with van der Waals surface area (Å²) in [5.41, 5.74) is -0.506. The second kappa shape index (κ2) is 6.25. The van der Waals surface area contributed by atoms with E-state index in [1.54, 1.807) is 31.1 Å².